The van der Waals surface area contributed by atoms with E-state index in [2.05, 4.69) is 0 Å². The van der Waals surface area contributed by atoms with Gasteiger partial charge in [0, 0.05) is 18.4 Å². The van der Waals surface area contributed by atoms with Crippen LogP contribution in [-0.2, 0) is 0 Å². The third-order valence-corrected chi connectivity index (χ3v) is 5.47. The van der Waals surface area contributed by atoms with Crippen molar-refractivity contribution in [3.05, 3.63) is 76.1 Å². The first kappa shape index (κ1) is 16.7. The third kappa shape index (κ3) is 2.60. The van der Waals surface area contributed by atoms with Gasteiger partial charge in [0.05, 0.1) is 18.5 Å². The summed E-state index contributed by atoms with van der Waals surface area (Å²) in [5, 5.41) is 0.692. The Morgan fingerprint density at radius 1 is 1.04 bits per heavy atom. The molecule has 6 heteroatoms. The fourth-order valence-corrected chi connectivity index (χ4v) is 4.07. The van der Waals surface area contributed by atoms with Gasteiger partial charge < -0.3 is 14.1 Å². The Kier molecular flexibility index (Phi) is 3.62. The monoisotopic (exact) mass is 375 g/mol. The van der Waals surface area contributed by atoms with Crippen LogP contribution in [0, 0.1) is 0 Å². The van der Waals surface area contributed by atoms with Crippen molar-refractivity contribution in [2.75, 3.05) is 13.1 Å². The molecule has 1 saturated heterocycles. The van der Waals surface area contributed by atoms with Gasteiger partial charge in [-0.3, -0.25) is 9.59 Å². The van der Waals surface area contributed by atoms with Crippen LogP contribution < -0.4 is 10.4 Å². The van der Waals surface area contributed by atoms with E-state index in [0.717, 1.165) is 0 Å². The minimum Gasteiger partial charge on any atom is -0.484 e. The van der Waals surface area contributed by atoms with E-state index in [1.165, 1.54) is 0 Å². The second kappa shape index (κ2) is 6.05. The molecule has 1 aromatic heterocycles. The van der Waals surface area contributed by atoms with Crippen molar-refractivity contribution in [3.63, 3.8) is 0 Å². The highest BCUT2D eigenvalue weighted by atomic mass is 16.5. The first-order chi connectivity index (χ1) is 13.5. The van der Waals surface area contributed by atoms with Gasteiger partial charge in [0.2, 0.25) is 0 Å². The van der Waals surface area contributed by atoms with Crippen LogP contribution >= 0.6 is 0 Å². The summed E-state index contributed by atoms with van der Waals surface area (Å²) >= 11 is 0. The zero-order chi connectivity index (χ0) is 19.3. The Bertz CT molecular complexity index is 1180. The maximum Gasteiger partial charge on any atom is 0.349 e. The number of benzene rings is 2. The number of hydrogen-bond acceptors (Lipinski definition) is 5. The molecule has 0 N–H and O–H groups in total. The Morgan fingerprint density at radius 3 is 2.71 bits per heavy atom. The molecule has 28 heavy (non-hydrogen) atoms. The van der Waals surface area contributed by atoms with Crippen molar-refractivity contribution in [2.24, 2.45) is 0 Å². The number of amides is 1. The molecule has 140 valence electrons. The average Bonchev–Trinajstić information content (AvgIpc) is 3.10. The molecule has 6 nitrogen and oxygen atoms in total. The van der Waals surface area contributed by atoms with Crippen LogP contribution in [0.2, 0.25) is 0 Å². The number of ether oxygens (including phenoxy) is 1. The van der Waals surface area contributed by atoms with Crippen molar-refractivity contribution in [1.29, 1.82) is 0 Å². The molecular weight excluding hydrogens is 358 g/mol. The number of hydrogen-bond donors (Lipinski definition) is 0. The van der Waals surface area contributed by atoms with Crippen LogP contribution in [0.1, 0.15) is 33.6 Å². The van der Waals surface area contributed by atoms with Gasteiger partial charge in [-0.15, -0.1) is 0 Å². The van der Waals surface area contributed by atoms with E-state index in [-0.39, 0.29) is 24.3 Å². The summed E-state index contributed by atoms with van der Waals surface area (Å²) in [7, 11) is 0. The van der Waals surface area contributed by atoms with Crippen molar-refractivity contribution >= 4 is 22.7 Å². The molecule has 3 aromatic rings. The first-order valence-corrected chi connectivity index (χ1v) is 9.18. The summed E-state index contributed by atoms with van der Waals surface area (Å²) in [6.45, 7) is 0.679. The minimum absolute atomic E-state index is 0.00159. The lowest BCUT2D eigenvalue weighted by atomic mass is 9.89. The Labute approximate surface area is 160 Å². The smallest absolute Gasteiger partial charge is 0.349 e. The number of ketones is 1. The molecule has 1 atom stereocenters. The van der Waals surface area contributed by atoms with Crippen molar-refractivity contribution < 1.29 is 18.7 Å². The summed E-state index contributed by atoms with van der Waals surface area (Å²) < 4.78 is 11.4. The lowest BCUT2D eigenvalue weighted by Crippen LogP contribution is -2.45. The molecule has 0 saturated carbocycles. The number of Topliss-reactive ketones (excluding diaryl/α,β-unsaturated/α-hetero) is 1. The van der Waals surface area contributed by atoms with Crippen molar-refractivity contribution in [3.8, 4) is 5.75 Å². The number of para-hydroxylation sites is 2. The van der Waals surface area contributed by atoms with Crippen LogP contribution in [0.25, 0.3) is 11.0 Å². The summed E-state index contributed by atoms with van der Waals surface area (Å²) in [5.41, 5.74) is -0.375. The van der Waals surface area contributed by atoms with Crippen LogP contribution in [0.15, 0.2) is 63.8 Å². The van der Waals surface area contributed by atoms with Crippen LogP contribution in [0.5, 0.6) is 5.75 Å². The summed E-state index contributed by atoms with van der Waals surface area (Å²) in [4.78, 5) is 39.4. The van der Waals surface area contributed by atoms with Crippen LogP contribution in [-0.4, -0.2) is 35.3 Å². The number of carbonyl (C=O) groups excluding carboxylic acids is 2. The maximum atomic E-state index is 13.0. The fraction of sp³-hybridized carbons (Fsp3) is 0.227. The first-order valence-electron chi connectivity index (χ1n) is 9.18. The van der Waals surface area contributed by atoms with Gasteiger partial charge in [0.1, 0.15) is 22.5 Å². The standard InChI is InChI=1S/C22H17NO5/c24-17-12-22(28-19-8-4-2-6-15(17)19)9-10-23(13-22)20(25)16-11-14-5-1-3-7-18(14)27-21(16)26/h1-8,11H,9-10,12-13H2/t22-/m1/s1. The van der Waals surface area contributed by atoms with Gasteiger partial charge in [0.25, 0.3) is 5.91 Å². The number of likely N-dealkylation sites (tertiary alicyclic amines) is 1. The molecule has 2 aliphatic rings. The molecule has 1 spiro atoms. The van der Waals surface area contributed by atoms with E-state index in [4.69, 9.17) is 9.15 Å². The van der Waals surface area contributed by atoms with Crippen LogP contribution in [0.3, 0.4) is 0 Å². The van der Waals surface area contributed by atoms with E-state index in [1.54, 1.807) is 41.3 Å². The highest BCUT2D eigenvalue weighted by Crippen LogP contribution is 2.38. The van der Waals surface area contributed by atoms with Crippen molar-refractivity contribution in [2.45, 2.75) is 18.4 Å². The second-order valence-corrected chi connectivity index (χ2v) is 7.34. The minimum atomic E-state index is -0.738. The SMILES string of the molecule is O=C1C[C@@]2(CCN(C(=O)c3cc4ccccc4oc3=O)C2)Oc2ccccc21. The summed E-state index contributed by atoms with van der Waals surface area (Å²) in [5.74, 6) is 0.172. The zero-order valence-corrected chi connectivity index (χ0v) is 15.0. The van der Waals surface area contributed by atoms with Crippen molar-refractivity contribution in [1.82, 2.24) is 4.90 Å². The van der Waals surface area contributed by atoms with E-state index in [0.29, 0.717) is 35.2 Å². The largest absolute Gasteiger partial charge is 0.484 e. The third-order valence-electron chi connectivity index (χ3n) is 5.47. The normalized spacial score (nSPS) is 21.0. The molecule has 5 rings (SSSR count). The maximum absolute atomic E-state index is 13.0. The van der Waals surface area contributed by atoms with E-state index < -0.39 is 17.1 Å². The number of fused-ring (bicyclic) bond motifs is 2. The topological polar surface area (TPSA) is 76.8 Å². The van der Waals surface area contributed by atoms with Gasteiger partial charge in [-0.2, -0.15) is 0 Å². The van der Waals surface area contributed by atoms with Gasteiger partial charge in [-0.1, -0.05) is 30.3 Å². The molecule has 2 aromatic carbocycles. The number of nitrogens with zero attached hydrogens (tertiary/aromatic N) is 1. The van der Waals surface area contributed by atoms with Gasteiger partial charge >= 0.3 is 5.63 Å². The molecule has 0 radical (unpaired) electrons. The Hall–Kier alpha value is -3.41. The highest BCUT2D eigenvalue weighted by molar-refractivity contribution is 6.01. The predicted molar refractivity (Wildman–Crippen MR) is 102 cm³/mol. The number of rotatable bonds is 1. The molecule has 2 aliphatic heterocycles. The molecule has 3 heterocycles. The molecule has 1 amide bonds. The lowest BCUT2D eigenvalue weighted by Gasteiger charge is -2.34. The highest BCUT2D eigenvalue weighted by Gasteiger charge is 2.47. The molecule has 1 fully saturated rings. The second-order valence-electron chi connectivity index (χ2n) is 7.34. The Balaban J connectivity index is 1.44. The lowest BCUT2D eigenvalue weighted by molar-refractivity contribution is 0.0427. The fourth-order valence-electron chi connectivity index (χ4n) is 4.07. The van der Waals surface area contributed by atoms with Gasteiger partial charge in [-0.05, 0) is 24.3 Å². The molecule has 0 unspecified atom stereocenters. The quantitative estimate of drug-likeness (QED) is 0.611. The zero-order valence-electron chi connectivity index (χ0n) is 15.0. The average molecular weight is 375 g/mol. The molecular formula is C22H17NO5. The van der Waals surface area contributed by atoms with E-state index >= 15 is 0 Å². The van der Waals surface area contributed by atoms with Gasteiger partial charge in [0.15, 0.2) is 5.78 Å². The summed E-state index contributed by atoms with van der Waals surface area (Å²) in [6, 6.07) is 15.8. The Morgan fingerprint density at radius 2 is 1.82 bits per heavy atom. The van der Waals surface area contributed by atoms with Crippen LogP contribution in [0.4, 0.5) is 0 Å². The van der Waals surface area contributed by atoms with E-state index in [1.807, 2.05) is 18.2 Å². The molecule has 0 aliphatic carbocycles. The van der Waals surface area contributed by atoms with E-state index in [9.17, 15) is 14.4 Å². The molecule has 0 bridgehead atoms. The predicted octanol–water partition coefficient (Wildman–Crippen LogP) is 3.04. The number of carbonyl (C=O) groups is 2. The van der Waals surface area contributed by atoms with Gasteiger partial charge in [-0.25, -0.2) is 4.79 Å². The summed E-state index contributed by atoms with van der Waals surface area (Å²) in [6.07, 6.45) is 0.762.